The van der Waals surface area contributed by atoms with E-state index in [1.54, 1.807) is 29.1 Å². The number of likely N-dealkylation sites (tertiary alicyclic amines) is 1. The van der Waals surface area contributed by atoms with Crippen LogP contribution in [0.25, 0.3) is 0 Å². The lowest BCUT2D eigenvalue weighted by molar-refractivity contribution is -0.161. The zero-order chi connectivity index (χ0) is 14.3. The summed E-state index contributed by atoms with van der Waals surface area (Å²) in [6.07, 6.45) is 0.987. The summed E-state index contributed by atoms with van der Waals surface area (Å²) in [6.45, 7) is 0. The normalized spacial score (nSPS) is 31.2. The molecule has 6 heteroatoms. The molecule has 0 saturated carbocycles. The SMILES string of the molecule is CN1OC(C2CCC(=O)N2C)NC1c1ccc(F)cc1. The fourth-order valence-corrected chi connectivity index (χ4v) is 2.84. The fourth-order valence-electron chi connectivity index (χ4n) is 2.84. The molecule has 0 aliphatic carbocycles. The summed E-state index contributed by atoms with van der Waals surface area (Å²) in [4.78, 5) is 19.1. The number of benzene rings is 1. The third-order valence-corrected chi connectivity index (χ3v) is 4.05. The van der Waals surface area contributed by atoms with Crippen molar-refractivity contribution in [3.05, 3.63) is 35.6 Å². The number of hydrogen-bond acceptors (Lipinski definition) is 4. The molecule has 108 valence electrons. The standard InChI is InChI=1S/C14H18FN3O2/c1-17-11(7-8-12(17)19)14-16-13(18(2)20-14)9-3-5-10(15)6-4-9/h3-6,11,13-14,16H,7-8H2,1-2H3. The van der Waals surface area contributed by atoms with Crippen LogP contribution >= 0.6 is 0 Å². The Hall–Kier alpha value is -1.50. The van der Waals surface area contributed by atoms with E-state index in [-0.39, 0.29) is 30.2 Å². The van der Waals surface area contributed by atoms with Gasteiger partial charge in [0.05, 0.1) is 6.04 Å². The van der Waals surface area contributed by atoms with Gasteiger partial charge in [0, 0.05) is 20.5 Å². The summed E-state index contributed by atoms with van der Waals surface area (Å²) in [5, 5.41) is 5.07. The van der Waals surface area contributed by atoms with E-state index in [1.807, 2.05) is 7.05 Å². The zero-order valence-electron chi connectivity index (χ0n) is 11.5. The van der Waals surface area contributed by atoms with Crippen LogP contribution in [0.2, 0.25) is 0 Å². The molecule has 1 N–H and O–H groups in total. The van der Waals surface area contributed by atoms with Gasteiger partial charge in [0.2, 0.25) is 5.91 Å². The second-order valence-corrected chi connectivity index (χ2v) is 5.30. The average molecular weight is 279 g/mol. The minimum atomic E-state index is -0.256. The maximum atomic E-state index is 13.0. The Balaban J connectivity index is 1.74. The first kappa shape index (κ1) is 13.5. The summed E-state index contributed by atoms with van der Waals surface area (Å²) >= 11 is 0. The predicted octanol–water partition coefficient (Wildman–Crippen LogP) is 1.24. The molecular formula is C14H18FN3O2. The van der Waals surface area contributed by atoms with Gasteiger partial charge < -0.3 is 4.90 Å². The van der Waals surface area contributed by atoms with Gasteiger partial charge >= 0.3 is 0 Å². The molecule has 3 atom stereocenters. The first-order valence-electron chi connectivity index (χ1n) is 6.73. The van der Waals surface area contributed by atoms with Crippen molar-refractivity contribution in [1.82, 2.24) is 15.3 Å². The van der Waals surface area contributed by atoms with Crippen LogP contribution in [-0.4, -0.2) is 42.2 Å². The largest absolute Gasteiger partial charge is 0.339 e. The van der Waals surface area contributed by atoms with Crippen molar-refractivity contribution in [3.8, 4) is 0 Å². The van der Waals surface area contributed by atoms with Gasteiger partial charge in [-0.3, -0.25) is 14.9 Å². The lowest BCUT2D eigenvalue weighted by atomic mass is 10.1. The fraction of sp³-hybridized carbons (Fsp3) is 0.500. The highest BCUT2D eigenvalue weighted by Gasteiger charge is 2.41. The Bertz CT molecular complexity index is 508. The molecule has 5 nitrogen and oxygen atoms in total. The van der Waals surface area contributed by atoms with E-state index in [1.165, 1.54) is 12.1 Å². The van der Waals surface area contributed by atoms with Crippen molar-refractivity contribution < 1.29 is 14.0 Å². The van der Waals surface area contributed by atoms with Crippen molar-refractivity contribution in [2.45, 2.75) is 31.3 Å². The lowest BCUT2D eigenvalue weighted by Gasteiger charge is -2.24. The summed E-state index contributed by atoms with van der Waals surface area (Å²) in [5.74, 6) is -0.110. The molecule has 2 heterocycles. The molecule has 3 rings (SSSR count). The van der Waals surface area contributed by atoms with Crippen LogP contribution in [0.1, 0.15) is 24.6 Å². The van der Waals surface area contributed by atoms with Crippen LogP contribution in [-0.2, 0) is 9.63 Å². The van der Waals surface area contributed by atoms with E-state index >= 15 is 0 Å². The van der Waals surface area contributed by atoms with E-state index in [2.05, 4.69) is 5.32 Å². The molecule has 1 aromatic carbocycles. The van der Waals surface area contributed by atoms with Gasteiger partial charge in [0.1, 0.15) is 12.0 Å². The predicted molar refractivity (Wildman–Crippen MR) is 70.7 cm³/mol. The number of nitrogens with one attached hydrogen (secondary N) is 1. The molecule has 0 bridgehead atoms. The maximum absolute atomic E-state index is 13.0. The molecule has 2 aliphatic heterocycles. The van der Waals surface area contributed by atoms with Crippen molar-refractivity contribution in [1.29, 1.82) is 0 Å². The Kier molecular flexibility index (Phi) is 3.45. The van der Waals surface area contributed by atoms with Gasteiger partial charge in [-0.1, -0.05) is 12.1 Å². The van der Waals surface area contributed by atoms with Crippen LogP contribution in [0.15, 0.2) is 24.3 Å². The highest BCUT2D eigenvalue weighted by atomic mass is 19.1. The molecule has 2 aliphatic rings. The summed E-state index contributed by atoms with van der Waals surface area (Å²) in [5.41, 5.74) is 0.934. The van der Waals surface area contributed by atoms with Gasteiger partial charge in [0.15, 0.2) is 6.23 Å². The van der Waals surface area contributed by atoms with E-state index in [0.29, 0.717) is 6.42 Å². The van der Waals surface area contributed by atoms with Gasteiger partial charge in [-0.2, -0.15) is 5.06 Å². The van der Waals surface area contributed by atoms with E-state index in [0.717, 1.165) is 12.0 Å². The summed E-state index contributed by atoms with van der Waals surface area (Å²) in [6, 6.07) is 6.38. The van der Waals surface area contributed by atoms with Crippen LogP contribution in [0, 0.1) is 5.82 Å². The molecular weight excluding hydrogens is 261 g/mol. The van der Waals surface area contributed by atoms with Crippen LogP contribution in [0.3, 0.4) is 0 Å². The number of likely N-dealkylation sites (N-methyl/N-ethyl adjacent to an activating group) is 1. The summed E-state index contributed by atoms with van der Waals surface area (Å²) < 4.78 is 13.0. The topological polar surface area (TPSA) is 44.8 Å². The number of nitrogens with zero attached hydrogens (tertiary/aromatic N) is 2. The number of rotatable bonds is 2. The number of halogens is 1. The molecule has 3 unspecified atom stereocenters. The average Bonchev–Trinajstić information content (AvgIpc) is 2.95. The Morgan fingerprint density at radius 1 is 1.30 bits per heavy atom. The molecule has 0 radical (unpaired) electrons. The van der Waals surface area contributed by atoms with Gasteiger partial charge in [-0.25, -0.2) is 4.39 Å². The first-order chi connectivity index (χ1) is 9.56. The number of hydroxylamine groups is 2. The van der Waals surface area contributed by atoms with Crippen LogP contribution in [0.5, 0.6) is 0 Å². The van der Waals surface area contributed by atoms with Crippen molar-refractivity contribution in [2.75, 3.05) is 14.1 Å². The number of hydrogen-bond donors (Lipinski definition) is 1. The monoisotopic (exact) mass is 279 g/mol. The highest BCUT2D eigenvalue weighted by Crippen LogP contribution is 2.29. The van der Waals surface area contributed by atoms with Crippen molar-refractivity contribution in [2.24, 2.45) is 0 Å². The van der Waals surface area contributed by atoms with Crippen molar-refractivity contribution in [3.63, 3.8) is 0 Å². The van der Waals surface area contributed by atoms with Crippen molar-refractivity contribution >= 4 is 5.91 Å². The van der Waals surface area contributed by atoms with Gasteiger partial charge in [-0.05, 0) is 24.1 Å². The molecule has 1 aromatic rings. The third kappa shape index (κ3) is 2.30. The molecule has 0 aromatic heterocycles. The minimum absolute atomic E-state index is 0.0374. The number of amides is 1. The smallest absolute Gasteiger partial charge is 0.222 e. The molecule has 2 fully saturated rings. The zero-order valence-corrected chi connectivity index (χ0v) is 11.5. The molecule has 1 amide bonds. The van der Waals surface area contributed by atoms with Crippen LogP contribution < -0.4 is 5.32 Å². The molecule has 0 spiro atoms. The Morgan fingerprint density at radius 2 is 2.00 bits per heavy atom. The van der Waals surface area contributed by atoms with Gasteiger partial charge in [-0.15, -0.1) is 0 Å². The number of carbonyl (C=O) groups is 1. The number of carbonyl (C=O) groups excluding carboxylic acids is 1. The summed E-state index contributed by atoms with van der Waals surface area (Å²) in [7, 11) is 3.63. The quantitative estimate of drug-likeness (QED) is 0.884. The van der Waals surface area contributed by atoms with E-state index < -0.39 is 0 Å². The van der Waals surface area contributed by atoms with Gasteiger partial charge in [0.25, 0.3) is 0 Å². The second-order valence-electron chi connectivity index (χ2n) is 5.30. The molecule has 20 heavy (non-hydrogen) atoms. The Morgan fingerprint density at radius 3 is 2.60 bits per heavy atom. The second kappa shape index (κ2) is 5.12. The van der Waals surface area contributed by atoms with E-state index in [4.69, 9.17) is 4.84 Å². The molecule has 2 saturated heterocycles. The third-order valence-electron chi connectivity index (χ3n) is 4.05. The maximum Gasteiger partial charge on any atom is 0.222 e. The van der Waals surface area contributed by atoms with Crippen LogP contribution in [0.4, 0.5) is 4.39 Å². The lowest BCUT2D eigenvalue weighted by Crippen LogP contribution is -2.44. The first-order valence-corrected chi connectivity index (χ1v) is 6.73. The van der Waals surface area contributed by atoms with E-state index in [9.17, 15) is 9.18 Å². The highest BCUT2D eigenvalue weighted by molar-refractivity contribution is 5.78. The minimum Gasteiger partial charge on any atom is -0.339 e. The Labute approximate surface area is 117 Å².